The normalized spacial score (nSPS) is 27.7. The number of hydrogen-bond donors (Lipinski definition) is 0. The van der Waals surface area contributed by atoms with Crippen molar-refractivity contribution in [1.29, 1.82) is 5.26 Å². The van der Waals surface area contributed by atoms with Crippen molar-refractivity contribution in [2.24, 2.45) is 28.8 Å². The monoisotopic (exact) mass is 450 g/mol. The Bertz CT molecular complexity index is 1120. The number of halogens is 2. The average Bonchev–Trinajstić information content (AvgIpc) is 3.30. The fourth-order valence-corrected chi connectivity index (χ4v) is 5.29. The van der Waals surface area contributed by atoms with Crippen LogP contribution < -0.4 is 4.74 Å². The van der Waals surface area contributed by atoms with Crippen molar-refractivity contribution in [3.8, 4) is 11.9 Å². The van der Waals surface area contributed by atoms with Crippen LogP contribution in [0.4, 0.5) is 8.78 Å². The number of aromatic nitrogens is 1. The molecule has 1 aromatic carbocycles. The molecule has 3 atom stereocenters. The molecule has 0 saturated heterocycles. The number of nitriles is 1. The molecule has 8 heteroatoms. The third-order valence-corrected chi connectivity index (χ3v) is 7.38. The molecular formula is C25H24F2N4O2. The maximum Gasteiger partial charge on any atom is 0.246 e. The Hall–Kier alpha value is -3.34. The molecular weight excluding hydrogens is 426 g/mol. The second kappa shape index (κ2) is 8.54. The SMILES string of the molecule is Cc1c(F)cc([C@H]2CC=NN2C(=O)C2CC(COc3ccc(C#N)cn3)C3CC2C3)cc1F. The molecule has 1 aromatic heterocycles. The van der Waals surface area contributed by atoms with E-state index in [1.54, 1.807) is 18.3 Å². The predicted octanol–water partition coefficient (Wildman–Crippen LogP) is 4.54. The topological polar surface area (TPSA) is 78.6 Å². The molecule has 0 radical (unpaired) electrons. The first-order chi connectivity index (χ1) is 15.9. The maximum atomic E-state index is 14.1. The Labute approximate surface area is 190 Å². The highest BCUT2D eigenvalue weighted by Gasteiger charge is 2.50. The van der Waals surface area contributed by atoms with Gasteiger partial charge in [-0.05, 0) is 67.7 Å². The quantitative estimate of drug-likeness (QED) is 0.670. The minimum absolute atomic E-state index is 0.0251. The van der Waals surface area contributed by atoms with Crippen molar-refractivity contribution in [2.75, 3.05) is 6.61 Å². The van der Waals surface area contributed by atoms with Crippen molar-refractivity contribution in [3.05, 3.63) is 58.8 Å². The Morgan fingerprint density at radius 3 is 2.64 bits per heavy atom. The first-order valence-corrected chi connectivity index (χ1v) is 11.2. The highest BCUT2D eigenvalue weighted by molar-refractivity contribution is 5.82. The Kier molecular flexibility index (Phi) is 5.57. The van der Waals surface area contributed by atoms with E-state index in [0.717, 1.165) is 12.8 Å². The van der Waals surface area contributed by atoms with E-state index >= 15 is 0 Å². The molecule has 3 saturated carbocycles. The largest absolute Gasteiger partial charge is 0.477 e. The van der Waals surface area contributed by atoms with Crippen LogP contribution >= 0.6 is 0 Å². The summed E-state index contributed by atoms with van der Waals surface area (Å²) >= 11 is 0. The summed E-state index contributed by atoms with van der Waals surface area (Å²) in [5.41, 5.74) is 0.875. The minimum atomic E-state index is -0.613. The summed E-state index contributed by atoms with van der Waals surface area (Å²) < 4.78 is 34.2. The number of hydrogen-bond acceptors (Lipinski definition) is 5. The van der Waals surface area contributed by atoms with Crippen molar-refractivity contribution in [2.45, 2.75) is 38.6 Å². The molecule has 2 heterocycles. The number of carbonyl (C=O) groups excluding carboxylic acids is 1. The molecule has 2 aromatic rings. The first kappa shape index (κ1) is 21.5. The fraction of sp³-hybridized carbons (Fsp3) is 0.440. The predicted molar refractivity (Wildman–Crippen MR) is 116 cm³/mol. The van der Waals surface area contributed by atoms with Crippen LogP contribution in [0.5, 0.6) is 5.88 Å². The van der Waals surface area contributed by atoms with Crippen LogP contribution in [0.15, 0.2) is 35.6 Å². The van der Waals surface area contributed by atoms with Crippen LogP contribution in [-0.4, -0.2) is 28.7 Å². The molecule has 33 heavy (non-hydrogen) atoms. The van der Waals surface area contributed by atoms with Crippen molar-refractivity contribution in [1.82, 2.24) is 9.99 Å². The first-order valence-electron chi connectivity index (χ1n) is 11.2. The van der Waals surface area contributed by atoms with Gasteiger partial charge in [0.05, 0.1) is 18.2 Å². The zero-order valence-corrected chi connectivity index (χ0v) is 18.2. The van der Waals surface area contributed by atoms with E-state index < -0.39 is 17.7 Å². The van der Waals surface area contributed by atoms with Gasteiger partial charge in [0.2, 0.25) is 11.8 Å². The van der Waals surface area contributed by atoms with Gasteiger partial charge in [0.1, 0.15) is 17.7 Å². The van der Waals surface area contributed by atoms with Crippen molar-refractivity contribution < 1.29 is 18.3 Å². The summed E-state index contributed by atoms with van der Waals surface area (Å²) in [7, 11) is 0. The summed E-state index contributed by atoms with van der Waals surface area (Å²) in [5.74, 6) is 0.0297. The van der Waals surface area contributed by atoms with Gasteiger partial charge in [0.25, 0.3) is 0 Å². The second-order valence-electron chi connectivity index (χ2n) is 9.24. The molecule has 4 aliphatic rings. The number of nitrogens with zero attached hydrogens (tertiary/aromatic N) is 4. The van der Waals surface area contributed by atoms with Crippen molar-refractivity contribution in [3.63, 3.8) is 0 Å². The van der Waals surface area contributed by atoms with Gasteiger partial charge in [0, 0.05) is 36.4 Å². The van der Waals surface area contributed by atoms with Crippen LogP contribution in [0.3, 0.4) is 0 Å². The molecule has 0 N–H and O–H groups in total. The minimum Gasteiger partial charge on any atom is -0.477 e. The van der Waals surface area contributed by atoms with Crippen LogP contribution in [0.2, 0.25) is 0 Å². The molecule has 1 aliphatic heterocycles. The summed E-state index contributed by atoms with van der Waals surface area (Å²) in [6.07, 6.45) is 6.19. The lowest BCUT2D eigenvalue weighted by Gasteiger charge is -2.51. The van der Waals surface area contributed by atoms with E-state index in [-0.39, 0.29) is 23.3 Å². The lowest BCUT2D eigenvalue weighted by Crippen LogP contribution is -2.50. The van der Waals surface area contributed by atoms with Gasteiger partial charge < -0.3 is 4.74 Å². The van der Waals surface area contributed by atoms with Gasteiger partial charge in [-0.1, -0.05) is 0 Å². The van der Waals surface area contributed by atoms with E-state index in [1.807, 2.05) is 6.07 Å². The lowest BCUT2D eigenvalue weighted by atomic mass is 9.55. The van der Waals surface area contributed by atoms with Crippen LogP contribution in [-0.2, 0) is 4.79 Å². The lowest BCUT2D eigenvalue weighted by molar-refractivity contribution is -0.148. The zero-order valence-electron chi connectivity index (χ0n) is 18.2. The number of rotatable bonds is 5. The van der Waals surface area contributed by atoms with Gasteiger partial charge in [0.15, 0.2) is 0 Å². The average molecular weight is 450 g/mol. The maximum absolute atomic E-state index is 14.1. The molecule has 6 rings (SSSR count). The third-order valence-electron chi connectivity index (χ3n) is 7.38. The van der Waals surface area contributed by atoms with Gasteiger partial charge in [-0.25, -0.2) is 18.8 Å². The van der Waals surface area contributed by atoms with Crippen LogP contribution in [0.1, 0.15) is 48.4 Å². The zero-order chi connectivity index (χ0) is 23.1. The highest BCUT2D eigenvalue weighted by atomic mass is 19.1. The number of hydrazone groups is 1. The van der Waals surface area contributed by atoms with E-state index in [2.05, 4.69) is 10.1 Å². The number of benzene rings is 1. The molecule has 1 amide bonds. The smallest absolute Gasteiger partial charge is 0.246 e. The molecule has 170 valence electrons. The molecule has 0 spiro atoms. The highest BCUT2D eigenvalue weighted by Crippen LogP contribution is 2.53. The summed E-state index contributed by atoms with van der Waals surface area (Å²) in [6.45, 7) is 1.86. The molecule has 2 bridgehead atoms. The second-order valence-corrected chi connectivity index (χ2v) is 9.24. The molecule has 6 nitrogen and oxygen atoms in total. The summed E-state index contributed by atoms with van der Waals surface area (Å²) in [5, 5.41) is 14.6. The number of carbonyl (C=O) groups is 1. The Morgan fingerprint density at radius 2 is 1.97 bits per heavy atom. The standard InChI is InChI=1S/C25H24F2N4O2/c1-14-21(26)9-18(10-22(14)27)23-4-5-30-31(23)25(32)20-8-19(16-6-17(20)7-16)13-33-24-3-2-15(11-28)12-29-24/h2-3,5,9-10,12,16-17,19-20,23H,4,6-8,13H2,1H3/t16?,17?,19?,20?,23-/m1/s1. The summed E-state index contributed by atoms with van der Waals surface area (Å²) in [6, 6.07) is 7.49. The van der Waals surface area contributed by atoms with Gasteiger partial charge >= 0.3 is 0 Å². The van der Waals surface area contributed by atoms with E-state index in [9.17, 15) is 13.6 Å². The van der Waals surface area contributed by atoms with Gasteiger partial charge in [-0.15, -0.1) is 0 Å². The van der Waals surface area contributed by atoms with Crippen LogP contribution in [0.25, 0.3) is 0 Å². The Balaban J connectivity index is 1.27. The Morgan fingerprint density at radius 1 is 1.21 bits per heavy atom. The van der Waals surface area contributed by atoms with Crippen molar-refractivity contribution >= 4 is 12.1 Å². The number of ether oxygens (including phenoxy) is 1. The van der Waals surface area contributed by atoms with Gasteiger partial charge in [-0.2, -0.15) is 10.4 Å². The van der Waals surface area contributed by atoms with Crippen LogP contribution in [0, 0.1) is 53.6 Å². The van der Waals surface area contributed by atoms with Gasteiger partial charge in [-0.3, -0.25) is 4.79 Å². The molecule has 3 aliphatic carbocycles. The summed E-state index contributed by atoms with van der Waals surface area (Å²) in [4.78, 5) is 17.6. The molecule has 2 unspecified atom stereocenters. The number of fused-ring (bicyclic) bond motifs is 2. The number of pyridine rings is 1. The van der Waals surface area contributed by atoms with E-state index in [1.165, 1.54) is 30.3 Å². The van der Waals surface area contributed by atoms with E-state index in [4.69, 9.17) is 10.00 Å². The molecule has 3 fully saturated rings. The van der Waals surface area contributed by atoms with E-state index in [0.29, 0.717) is 48.3 Å². The number of amides is 1. The third kappa shape index (κ3) is 3.97. The fourth-order valence-electron chi connectivity index (χ4n) is 5.29.